The van der Waals surface area contributed by atoms with Crippen LogP contribution in [-0.4, -0.2) is 46.5 Å². The van der Waals surface area contributed by atoms with Gasteiger partial charge in [0.05, 0.1) is 18.3 Å². The fourth-order valence-electron chi connectivity index (χ4n) is 7.31. The summed E-state index contributed by atoms with van der Waals surface area (Å²) in [4.78, 5) is 13.4. The maximum Gasteiger partial charge on any atom is 0.356 e. The van der Waals surface area contributed by atoms with Gasteiger partial charge in [0.2, 0.25) is 0 Å². The van der Waals surface area contributed by atoms with Gasteiger partial charge in [0, 0.05) is 28.4 Å². The van der Waals surface area contributed by atoms with Crippen LogP contribution in [0.4, 0.5) is 0 Å². The molecule has 1 atom stereocenters. The van der Waals surface area contributed by atoms with Gasteiger partial charge in [-0.25, -0.2) is 10.2 Å². The highest BCUT2D eigenvalue weighted by atomic mass is 79.9. The molecule has 2 N–H and O–H groups in total. The van der Waals surface area contributed by atoms with E-state index < -0.39 is 5.54 Å². The largest absolute Gasteiger partial charge is 0.461 e. The lowest BCUT2D eigenvalue weighted by Gasteiger charge is -2.44. The van der Waals surface area contributed by atoms with E-state index in [0.29, 0.717) is 18.8 Å². The Morgan fingerprint density at radius 1 is 0.898 bits per heavy atom. The van der Waals surface area contributed by atoms with E-state index in [0.717, 1.165) is 76.8 Å². The summed E-state index contributed by atoms with van der Waals surface area (Å²) in [5, 5.41) is 11.0. The summed E-state index contributed by atoms with van der Waals surface area (Å²) < 4.78 is 8.58. The van der Waals surface area contributed by atoms with Gasteiger partial charge in [-0.15, -0.1) is 0 Å². The Hall–Kier alpha value is -4.50. The second-order valence-corrected chi connectivity index (χ2v) is 13.5. The molecule has 0 fully saturated rings. The number of carbonyl (C=O) groups excluding carboxylic acids is 1. The van der Waals surface area contributed by atoms with Gasteiger partial charge in [-0.3, -0.25) is 9.69 Å². The Balaban J connectivity index is 1.21. The Labute approximate surface area is 297 Å². The van der Waals surface area contributed by atoms with E-state index in [1.165, 1.54) is 5.56 Å². The van der Waals surface area contributed by atoms with Crippen molar-refractivity contribution in [3.8, 4) is 0 Å². The third-order valence-corrected chi connectivity index (χ3v) is 10.1. The average molecular weight is 717 g/mol. The Morgan fingerprint density at radius 2 is 1.51 bits per heavy atom. The van der Waals surface area contributed by atoms with Gasteiger partial charge in [0.1, 0.15) is 11.2 Å². The minimum atomic E-state index is -0.650. The molecule has 1 aromatic heterocycles. The van der Waals surface area contributed by atoms with Crippen molar-refractivity contribution >= 4 is 27.5 Å². The molecule has 0 saturated heterocycles. The van der Waals surface area contributed by atoms with Crippen molar-refractivity contribution in [1.29, 1.82) is 0 Å². The SMILES string of the molecule is CCOC(=O)c1c2c(nn1CCCNCCc1ccc(Br)cc1)C1=CN(C(c3ccccc3)(c3ccccc3)c3ccccc3)NC1CC2. The van der Waals surface area contributed by atoms with Crippen molar-refractivity contribution in [2.75, 3.05) is 19.7 Å². The molecule has 0 saturated carbocycles. The molecule has 5 aromatic rings. The van der Waals surface area contributed by atoms with Crippen LogP contribution in [0.25, 0.3) is 5.57 Å². The Kier molecular flexibility index (Phi) is 10.1. The van der Waals surface area contributed by atoms with Crippen LogP contribution >= 0.6 is 15.9 Å². The number of rotatable bonds is 13. The standard InChI is InChI=1S/C41H42BrN5O2/c1-2-49-40(48)39-35-23-24-37-36(38(35)45-46(39)28-12-26-43-27-25-30-19-21-34(42)22-20-30)29-47(44-37)41(31-13-6-3-7-14-31,32-15-8-4-9-16-32)33-17-10-5-11-18-33/h3-11,13-22,29,37,43-44H,2,12,23-28H2,1H3. The lowest BCUT2D eigenvalue weighted by molar-refractivity contribution is 0.0510. The van der Waals surface area contributed by atoms with Crippen LogP contribution in [0.15, 0.2) is 126 Å². The molecule has 2 aliphatic rings. The number of esters is 1. The number of nitrogens with one attached hydrogen (secondary N) is 2. The molecule has 0 radical (unpaired) electrons. The molecule has 250 valence electrons. The van der Waals surface area contributed by atoms with Gasteiger partial charge < -0.3 is 10.1 Å². The molecule has 8 heteroatoms. The summed E-state index contributed by atoms with van der Waals surface area (Å²) in [7, 11) is 0. The second-order valence-electron chi connectivity index (χ2n) is 12.6. The molecule has 1 aliphatic carbocycles. The first-order valence-electron chi connectivity index (χ1n) is 17.3. The highest BCUT2D eigenvalue weighted by Gasteiger charge is 2.47. The van der Waals surface area contributed by atoms with Gasteiger partial charge in [0.25, 0.3) is 0 Å². The molecule has 4 aromatic carbocycles. The summed E-state index contributed by atoms with van der Waals surface area (Å²) in [5.41, 5.74) is 11.6. The smallest absolute Gasteiger partial charge is 0.356 e. The van der Waals surface area contributed by atoms with Crippen LogP contribution < -0.4 is 10.7 Å². The Bertz CT molecular complexity index is 1790. The van der Waals surface area contributed by atoms with Crippen LogP contribution in [0.5, 0.6) is 0 Å². The van der Waals surface area contributed by atoms with Crippen molar-refractivity contribution in [3.05, 3.63) is 165 Å². The lowest BCUT2D eigenvalue weighted by Crippen LogP contribution is -2.52. The lowest BCUT2D eigenvalue weighted by atomic mass is 9.76. The number of fused-ring (bicyclic) bond motifs is 3. The first-order valence-corrected chi connectivity index (χ1v) is 18.0. The van der Waals surface area contributed by atoms with Crippen molar-refractivity contribution < 1.29 is 9.53 Å². The first kappa shape index (κ1) is 33.0. The van der Waals surface area contributed by atoms with E-state index in [1.807, 2.05) is 11.6 Å². The number of hydrogen-bond acceptors (Lipinski definition) is 6. The van der Waals surface area contributed by atoms with E-state index in [2.05, 4.69) is 153 Å². The van der Waals surface area contributed by atoms with Crippen molar-refractivity contribution in [3.63, 3.8) is 0 Å². The number of nitrogens with zero attached hydrogens (tertiary/aromatic N) is 3. The molecule has 0 amide bonds. The van der Waals surface area contributed by atoms with Crippen molar-refractivity contribution in [2.45, 2.75) is 50.7 Å². The summed E-state index contributed by atoms with van der Waals surface area (Å²) >= 11 is 3.51. The molecule has 7 nitrogen and oxygen atoms in total. The molecule has 2 heterocycles. The molecule has 7 rings (SSSR count). The minimum absolute atomic E-state index is 0.0571. The predicted octanol–water partition coefficient (Wildman–Crippen LogP) is 7.51. The molecule has 49 heavy (non-hydrogen) atoms. The fourth-order valence-corrected chi connectivity index (χ4v) is 7.57. The number of aromatic nitrogens is 2. The molecule has 0 spiro atoms. The van der Waals surface area contributed by atoms with Crippen LogP contribution in [-0.2, 0) is 29.7 Å². The summed E-state index contributed by atoms with van der Waals surface area (Å²) in [5.74, 6) is -0.298. The van der Waals surface area contributed by atoms with Gasteiger partial charge >= 0.3 is 5.97 Å². The zero-order valence-electron chi connectivity index (χ0n) is 27.8. The highest BCUT2D eigenvalue weighted by molar-refractivity contribution is 9.10. The zero-order chi connectivity index (χ0) is 33.6. The monoisotopic (exact) mass is 715 g/mol. The number of aryl methyl sites for hydroxylation is 1. The number of hydrogen-bond donors (Lipinski definition) is 2. The van der Waals surface area contributed by atoms with Crippen LogP contribution in [0.2, 0.25) is 0 Å². The number of ether oxygens (including phenoxy) is 1. The van der Waals surface area contributed by atoms with E-state index in [1.54, 1.807) is 0 Å². The quantitative estimate of drug-likeness (QED) is 0.0747. The number of benzene rings is 4. The second kappa shape index (κ2) is 14.9. The van der Waals surface area contributed by atoms with Gasteiger partial charge in [-0.2, -0.15) is 5.10 Å². The average Bonchev–Trinajstić information content (AvgIpc) is 3.74. The maximum atomic E-state index is 13.4. The molecule has 0 bridgehead atoms. The number of halogens is 1. The van der Waals surface area contributed by atoms with Gasteiger partial charge in [-0.1, -0.05) is 119 Å². The van der Waals surface area contributed by atoms with Gasteiger partial charge in [0.15, 0.2) is 0 Å². The minimum Gasteiger partial charge on any atom is -0.461 e. The van der Waals surface area contributed by atoms with E-state index >= 15 is 0 Å². The third kappa shape index (κ3) is 6.61. The van der Waals surface area contributed by atoms with Crippen molar-refractivity contribution in [1.82, 2.24) is 25.5 Å². The van der Waals surface area contributed by atoms with Crippen LogP contribution in [0.3, 0.4) is 0 Å². The zero-order valence-corrected chi connectivity index (χ0v) is 29.4. The molecular formula is C41H42BrN5O2. The van der Waals surface area contributed by atoms with Crippen LogP contribution in [0.1, 0.15) is 63.8 Å². The van der Waals surface area contributed by atoms with Crippen LogP contribution in [0, 0.1) is 0 Å². The van der Waals surface area contributed by atoms with E-state index in [9.17, 15) is 4.79 Å². The number of hydrazine groups is 1. The van der Waals surface area contributed by atoms with E-state index in [-0.39, 0.29) is 12.0 Å². The Morgan fingerprint density at radius 3 is 2.10 bits per heavy atom. The number of carbonyl (C=O) groups is 1. The first-order chi connectivity index (χ1) is 24.1. The fraction of sp³-hybridized carbons (Fsp3) is 0.268. The maximum absolute atomic E-state index is 13.4. The predicted molar refractivity (Wildman–Crippen MR) is 198 cm³/mol. The summed E-state index contributed by atoms with van der Waals surface area (Å²) in [6.45, 7) is 4.53. The van der Waals surface area contributed by atoms with Gasteiger partial charge in [-0.05, 0) is 80.1 Å². The summed E-state index contributed by atoms with van der Waals surface area (Å²) in [6.07, 6.45) is 5.63. The molecule has 1 aliphatic heterocycles. The van der Waals surface area contributed by atoms with E-state index in [4.69, 9.17) is 9.84 Å². The normalized spacial score (nSPS) is 15.4. The molecular weight excluding hydrogens is 674 g/mol. The van der Waals surface area contributed by atoms with Crippen molar-refractivity contribution in [2.24, 2.45) is 0 Å². The highest BCUT2D eigenvalue weighted by Crippen LogP contribution is 2.46. The third-order valence-electron chi connectivity index (χ3n) is 9.58. The summed E-state index contributed by atoms with van der Waals surface area (Å²) in [6, 6.07) is 40.5. The topological polar surface area (TPSA) is 71.4 Å². The molecule has 1 unspecified atom stereocenters.